The van der Waals surface area contributed by atoms with Crippen LogP contribution < -0.4 is 5.73 Å². The fourth-order valence-electron chi connectivity index (χ4n) is 3.39. The maximum absolute atomic E-state index is 6.18. The van der Waals surface area contributed by atoms with Gasteiger partial charge >= 0.3 is 0 Å². The third-order valence-electron chi connectivity index (χ3n) is 5.05. The first-order valence-corrected chi connectivity index (χ1v) is 8.91. The van der Waals surface area contributed by atoms with E-state index in [9.17, 15) is 0 Å². The predicted molar refractivity (Wildman–Crippen MR) is 84.3 cm³/mol. The van der Waals surface area contributed by atoms with Gasteiger partial charge < -0.3 is 5.73 Å². The second-order valence-electron chi connectivity index (χ2n) is 6.05. The van der Waals surface area contributed by atoms with Gasteiger partial charge in [0, 0.05) is 23.9 Å². The molecule has 2 nitrogen and oxygen atoms in total. The monoisotopic (exact) mass is 272 g/mol. The van der Waals surface area contributed by atoms with E-state index in [0.29, 0.717) is 6.04 Å². The van der Waals surface area contributed by atoms with Crippen LogP contribution in [-0.4, -0.2) is 42.1 Å². The number of rotatable bonds is 6. The number of thioether (sulfide) groups is 1. The standard InChI is InChI=1S/C15H32N2S/c1-5-14-7-6-9-15(12-16,10-8-14)17(3)13(2)11-18-4/h13-14H,5-12,16H2,1-4H3. The second-order valence-corrected chi connectivity index (χ2v) is 6.96. The van der Waals surface area contributed by atoms with Crippen molar-refractivity contribution in [2.24, 2.45) is 11.7 Å². The van der Waals surface area contributed by atoms with Crippen molar-refractivity contribution in [1.29, 1.82) is 0 Å². The number of nitrogens with two attached hydrogens (primary N) is 1. The lowest BCUT2D eigenvalue weighted by atomic mass is 9.87. The molecule has 0 aliphatic heterocycles. The first-order chi connectivity index (χ1) is 8.59. The smallest absolute Gasteiger partial charge is 0.0331 e. The Bertz CT molecular complexity index is 235. The Morgan fingerprint density at radius 1 is 1.39 bits per heavy atom. The fraction of sp³-hybridized carbons (Fsp3) is 1.00. The molecular formula is C15H32N2S. The van der Waals surface area contributed by atoms with Crippen LogP contribution in [-0.2, 0) is 0 Å². The Kier molecular flexibility index (Phi) is 7.04. The van der Waals surface area contributed by atoms with Crippen LogP contribution >= 0.6 is 11.8 Å². The molecule has 0 bridgehead atoms. The average Bonchev–Trinajstić information content (AvgIpc) is 2.61. The molecule has 0 aromatic rings. The first kappa shape index (κ1) is 16.3. The Morgan fingerprint density at radius 2 is 2.11 bits per heavy atom. The molecule has 1 aliphatic rings. The van der Waals surface area contributed by atoms with Gasteiger partial charge in [-0.15, -0.1) is 0 Å². The Morgan fingerprint density at radius 3 is 2.67 bits per heavy atom. The van der Waals surface area contributed by atoms with Gasteiger partial charge in [0.25, 0.3) is 0 Å². The molecule has 2 N–H and O–H groups in total. The summed E-state index contributed by atoms with van der Waals surface area (Å²) in [6.45, 7) is 5.49. The normalized spacial score (nSPS) is 31.3. The second kappa shape index (κ2) is 7.76. The Hall–Kier alpha value is 0.270. The number of hydrogen-bond acceptors (Lipinski definition) is 3. The summed E-state index contributed by atoms with van der Waals surface area (Å²) < 4.78 is 0. The molecule has 0 heterocycles. The molecular weight excluding hydrogens is 240 g/mol. The first-order valence-electron chi connectivity index (χ1n) is 7.51. The largest absolute Gasteiger partial charge is 0.329 e. The van der Waals surface area contributed by atoms with Crippen LogP contribution in [0.3, 0.4) is 0 Å². The Labute approximate surface area is 118 Å². The maximum Gasteiger partial charge on any atom is 0.0331 e. The fourth-order valence-corrected chi connectivity index (χ4v) is 4.10. The molecule has 1 saturated carbocycles. The van der Waals surface area contributed by atoms with Crippen LogP contribution in [0.2, 0.25) is 0 Å². The van der Waals surface area contributed by atoms with E-state index in [1.54, 1.807) is 0 Å². The molecule has 0 amide bonds. The molecule has 0 saturated heterocycles. The van der Waals surface area contributed by atoms with Crippen LogP contribution in [0.4, 0.5) is 0 Å². The summed E-state index contributed by atoms with van der Waals surface area (Å²) in [4.78, 5) is 2.58. The third-order valence-corrected chi connectivity index (χ3v) is 5.86. The lowest BCUT2D eigenvalue weighted by Gasteiger charge is -2.44. The van der Waals surface area contributed by atoms with Crippen molar-refractivity contribution < 1.29 is 0 Å². The molecule has 1 rings (SSSR count). The van der Waals surface area contributed by atoms with Crippen LogP contribution in [0, 0.1) is 5.92 Å². The quantitative estimate of drug-likeness (QED) is 0.752. The van der Waals surface area contributed by atoms with Crippen molar-refractivity contribution in [3.05, 3.63) is 0 Å². The number of likely N-dealkylation sites (N-methyl/N-ethyl adjacent to an activating group) is 1. The summed E-state index contributed by atoms with van der Waals surface area (Å²) >= 11 is 1.94. The molecule has 108 valence electrons. The molecule has 0 spiro atoms. The van der Waals surface area contributed by atoms with Crippen molar-refractivity contribution in [3.63, 3.8) is 0 Å². The van der Waals surface area contributed by atoms with E-state index >= 15 is 0 Å². The minimum absolute atomic E-state index is 0.263. The van der Waals surface area contributed by atoms with Gasteiger partial charge in [0.05, 0.1) is 0 Å². The van der Waals surface area contributed by atoms with Crippen molar-refractivity contribution in [2.75, 3.05) is 25.6 Å². The van der Waals surface area contributed by atoms with Crippen LogP contribution in [0.25, 0.3) is 0 Å². The van der Waals surface area contributed by atoms with Crippen LogP contribution in [0.5, 0.6) is 0 Å². The van der Waals surface area contributed by atoms with Crippen molar-refractivity contribution in [1.82, 2.24) is 4.90 Å². The molecule has 1 fully saturated rings. The zero-order chi connectivity index (χ0) is 13.6. The summed E-state index contributed by atoms with van der Waals surface area (Å²) in [6, 6.07) is 0.627. The highest BCUT2D eigenvalue weighted by Crippen LogP contribution is 2.36. The van der Waals surface area contributed by atoms with E-state index < -0.39 is 0 Å². The zero-order valence-corrected chi connectivity index (χ0v) is 13.6. The summed E-state index contributed by atoms with van der Waals surface area (Å²) in [5, 5.41) is 0. The van der Waals surface area contributed by atoms with Gasteiger partial charge in [0.2, 0.25) is 0 Å². The minimum Gasteiger partial charge on any atom is -0.329 e. The molecule has 0 aromatic heterocycles. The van der Waals surface area contributed by atoms with Gasteiger partial charge in [-0.3, -0.25) is 4.90 Å². The molecule has 3 atom stereocenters. The van der Waals surface area contributed by atoms with Gasteiger partial charge in [-0.25, -0.2) is 0 Å². The van der Waals surface area contributed by atoms with E-state index in [0.717, 1.165) is 12.5 Å². The summed E-state index contributed by atoms with van der Waals surface area (Å²) in [6.07, 6.45) is 10.2. The Balaban J connectivity index is 2.71. The molecule has 3 heteroatoms. The van der Waals surface area contributed by atoms with E-state index in [-0.39, 0.29) is 5.54 Å². The van der Waals surface area contributed by atoms with Crippen molar-refractivity contribution >= 4 is 11.8 Å². The van der Waals surface area contributed by atoms with Gasteiger partial charge in [0.1, 0.15) is 0 Å². The van der Waals surface area contributed by atoms with Gasteiger partial charge in [-0.1, -0.05) is 26.2 Å². The average molecular weight is 273 g/mol. The van der Waals surface area contributed by atoms with E-state index in [4.69, 9.17) is 5.73 Å². The van der Waals surface area contributed by atoms with E-state index in [1.165, 1.54) is 44.3 Å². The zero-order valence-electron chi connectivity index (χ0n) is 12.7. The SMILES string of the molecule is CCC1CCCC(CN)(N(C)C(C)CSC)CC1. The van der Waals surface area contributed by atoms with Gasteiger partial charge in [-0.2, -0.15) is 11.8 Å². The van der Waals surface area contributed by atoms with Gasteiger partial charge in [0.15, 0.2) is 0 Å². The number of hydrogen-bond donors (Lipinski definition) is 1. The van der Waals surface area contributed by atoms with Crippen molar-refractivity contribution in [2.45, 2.75) is 64.0 Å². The highest BCUT2D eigenvalue weighted by atomic mass is 32.2. The molecule has 18 heavy (non-hydrogen) atoms. The minimum atomic E-state index is 0.263. The third kappa shape index (κ3) is 3.88. The highest BCUT2D eigenvalue weighted by molar-refractivity contribution is 7.98. The lowest BCUT2D eigenvalue weighted by molar-refractivity contribution is 0.0774. The number of nitrogens with zero attached hydrogens (tertiary/aromatic N) is 1. The molecule has 3 unspecified atom stereocenters. The van der Waals surface area contributed by atoms with Crippen LogP contribution in [0.1, 0.15) is 52.4 Å². The highest BCUT2D eigenvalue weighted by Gasteiger charge is 2.37. The summed E-state index contributed by atoms with van der Waals surface area (Å²) in [5.74, 6) is 2.14. The molecule has 0 radical (unpaired) electrons. The van der Waals surface area contributed by atoms with Gasteiger partial charge in [-0.05, 0) is 45.4 Å². The van der Waals surface area contributed by atoms with E-state index in [1.807, 2.05) is 11.8 Å². The van der Waals surface area contributed by atoms with E-state index in [2.05, 4.69) is 32.1 Å². The molecule has 1 aliphatic carbocycles. The predicted octanol–water partition coefficient (Wildman–Crippen LogP) is 3.36. The molecule has 0 aromatic carbocycles. The topological polar surface area (TPSA) is 29.3 Å². The maximum atomic E-state index is 6.18. The summed E-state index contributed by atoms with van der Waals surface area (Å²) in [7, 11) is 2.29. The van der Waals surface area contributed by atoms with Crippen molar-refractivity contribution in [3.8, 4) is 0 Å². The van der Waals surface area contributed by atoms with Crippen LogP contribution in [0.15, 0.2) is 0 Å². The summed E-state index contributed by atoms with van der Waals surface area (Å²) in [5.41, 5.74) is 6.44. The lowest BCUT2D eigenvalue weighted by Crippen LogP contribution is -2.55.